The quantitative estimate of drug-likeness (QED) is 0.325. The third-order valence-corrected chi connectivity index (χ3v) is 15.3. The molecule has 0 bridgehead atoms. The molecule has 14 heteroatoms. The molecule has 3 aliphatic carbocycles. The number of ether oxygens (including phenoxy) is 12. The molecule has 6 saturated heterocycles. The number of aliphatic hydroxyl groups is 2. The molecular formula is C42H64O14. The van der Waals surface area contributed by atoms with Crippen molar-refractivity contribution in [3.8, 4) is 0 Å². The molecule has 6 aliphatic heterocycles. The number of rotatable bonds is 9. The molecule has 6 heterocycles. The molecule has 0 aromatic carbocycles. The maximum Gasteiger partial charge on any atom is 0.186 e. The number of fused-ring (bicyclic) bond motifs is 3. The van der Waals surface area contributed by atoms with Crippen LogP contribution in [0, 0.1) is 22.7 Å². The van der Waals surface area contributed by atoms with Gasteiger partial charge in [-0.2, -0.15) is 0 Å². The summed E-state index contributed by atoms with van der Waals surface area (Å²) in [5, 5.41) is 22.1. The fourth-order valence-electron chi connectivity index (χ4n) is 12.3. The Kier molecular flexibility index (Phi) is 10.8. The zero-order chi connectivity index (χ0) is 39.3. The van der Waals surface area contributed by atoms with Crippen LogP contribution in [0.3, 0.4) is 0 Å². The van der Waals surface area contributed by atoms with Gasteiger partial charge in [0, 0.05) is 34.2 Å². The van der Waals surface area contributed by atoms with Crippen LogP contribution in [0.1, 0.15) is 86.0 Å². The maximum absolute atomic E-state index is 11.7. The van der Waals surface area contributed by atoms with Crippen molar-refractivity contribution in [1.29, 1.82) is 0 Å². The van der Waals surface area contributed by atoms with Gasteiger partial charge in [0.05, 0.1) is 61.2 Å². The average Bonchev–Trinajstić information content (AvgIpc) is 3.81. The van der Waals surface area contributed by atoms with E-state index in [1.54, 1.807) is 28.3 Å². The SMILES string of the molecule is CO[C@@H]1[C@@H](O)[C@H](O[C@H]2CC[C@@]3(C)C(=CCC4=C5O[C@@H]6CO[C@]7(C)OC[C@@]5(CC[C@@H]43)[C@H]67)C2)O[C@H](C)[C@H]1O[C@H]1C[C@H](OC)[C@H](O[C@@H]2C[C@H](OC)[C@H](O)[C@H](C)O2)[C@@H](C)O1. The smallest absolute Gasteiger partial charge is 0.186 e. The Bertz CT molecular complexity index is 1520. The lowest BCUT2D eigenvalue weighted by molar-refractivity contribution is -0.353. The van der Waals surface area contributed by atoms with Gasteiger partial charge in [0.2, 0.25) is 0 Å². The first kappa shape index (κ1) is 40.2. The summed E-state index contributed by atoms with van der Waals surface area (Å²) in [6.45, 7) is 11.5. The van der Waals surface area contributed by atoms with E-state index in [4.69, 9.17) is 56.8 Å². The van der Waals surface area contributed by atoms with E-state index in [1.807, 2.05) is 13.8 Å². The Morgan fingerprint density at radius 3 is 2.21 bits per heavy atom. The number of hydrogen-bond donors (Lipinski definition) is 2. The first-order chi connectivity index (χ1) is 26.8. The van der Waals surface area contributed by atoms with Crippen LogP contribution in [0.4, 0.5) is 0 Å². The van der Waals surface area contributed by atoms with Crippen LogP contribution in [-0.4, -0.2) is 143 Å². The second-order valence-electron chi connectivity index (χ2n) is 18.4. The lowest BCUT2D eigenvalue weighted by Crippen LogP contribution is -2.61. The molecule has 9 aliphatic rings. The predicted molar refractivity (Wildman–Crippen MR) is 197 cm³/mol. The summed E-state index contributed by atoms with van der Waals surface area (Å²) in [5.74, 6) is 1.39. The second kappa shape index (κ2) is 15.0. The van der Waals surface area contributed by atoms with Gasteiger partial charge in [0.25, 0.3) is 0 Å². The fourth-order valence-corrected chi connectivity index (χ4v) is 12.3. The van der Waals surface area contributed by atoms with Gasteiger partial charge >= 0.3 is 0 Å². The van der Waals surface area contributed by atoms with Crippen LogP contribution < -0.4 is 0 Å². The molecule has 20 atom stereocenters. The summed E-state index contributed by atoms with van der Waals surface area (Å²) in [7, 11) is 4.79. The summed E-state index contributed by atoms with van der Waals surface area (Å²) in [4.78, 5) is 0. The molecule has 1 spiro atoms. The number of methoxy groups -OCH3 is 3. The van der Waals surface area contributed by atoms with Crippen molar-refractivity contribution < 1.29 is 67.1 Å². The normalized spacial score (nSPS) is 53.8. The van der Waals surface area contributed by atoms with Crippen molar-refractivity contribution in [2.75, 3.05) is 34.5 Å². The van der Waals surface area contributed by atoms with Crippen molar-refractivity contribution in [1.82, 2.24) is 0 Å². The number of hydrogen-bond acceptors (Lipinski definition) is 14. The van der Waals surface area contributed by atoms with Crippen molar-refractivity contribution >= 4 is 0 Å². The van der Waals surface area contributed by atoms with E-state index in [1.165, 1.54) is 16.9 Å². The third-order valence-electron chi connectivity index (χ3n) is 15.3. The maximum atomic E-state index is 11.7. The van der Waals surface area contributed by atoms with Gasteiger partial charge in [-0.15, -0.1) is 0 Å². The molecule has 2 N–H and O–H groups in total. The second-order valence-corrected chi connectivity index (χ2v) is 18.4. The van der Waals surface area contributed by atoms with Gasteiger partial charge in [-0.1, -0.05) is 18.6 Å². The van der Waals surface area contributed by atoms with E-state index >= 15 is 0 Å². The molecule has 0 radical (unpaired) electrons. The largest absolute Gasteiger partial charge is 0.491 e. The number of allylic oxidation sites excluding steroid dienone is 2. The van der Waals surface area contributed by atoms with Crippen molar-refractivity contribution in [3.63, 3.8) is 0 Å². The Morgan fingerprint density at radius 1 is 0.750 bits per heavy atom. The van der Waals surface area contributed by atoms with Gasteiger partial charge in [-0.25, -0.2) is 0 Å². The lowest BCUT2D eigenvalue weighted by Gasteiger charge is -2.52. The van der Waals surface area contributed by atoms with E-state index in [-0.39, 0.29) is 35.1 Å². The van der Waals surface area contributed by atoms with Gasteiger partial charge in [0.15, 0.2) is 24.7 Å². The van der Waals surface area contributed by atoms with Crippen LogP contribution in [0.5, 0.6) is 0 Å². The molecule has 316 valence electrons. The highest BCUT2D eigenvalue weighted by Crippen LogP contribution is 2.69. The first-order valence-corrected chi connectivity index (χ1v) is 21.1. The highest BCUT2D eigenvalue weighted by atomic mass is 16.8. The summed E-state index contributed by atoms with van der Waals surface area (Å²) in [5.41, 5.74) is 2.90. The fraction of sp³-hybridized carbons (Fsp3) is 0.905. The molecular weight excluding hydrogens is 728 g/mol. The molecule has 0 aromatic heterocycles. The predicted octanol–water partition coefficient (Wildman–Crippen LogP) is 3.89. The average molecular weight is 793 g/mol. The van der Waals surface area contributed by atoms with E-state index in [0.717, 1.165) is 38.5 Å². The standard InChI is InChI=1S/C42H64O14/c1-20-32(43)27(45-6)16-30(50-20)55-34-21(2)51-31(17-28(34)46-7)56-35-22(3)52-39(33(44)36(35)47-8)53-24-11-13-40(4)23(15-24)9-10-25-26(40)12-14-42-19-49-41(5)37(42)29(18-48-41)54-38(25)42/h9,20-22,24,26-37,39,43-44H,10-19H2,1-8H3/t20-,21+,22+,24-,26-,27-,28-,29+,30+,31-,32+,33+,34+,35+,36+,37+,39-,40-,41+,42-/m0/s1. The summed E-state index contributed by atoms with van der Waals surface area (Å²) in [6, 6.07) is 0. The first-order valence-electron chi connectivity index (χ1n) is 21.1. The minimum absolute atomic E-state index is 0.0354. The lowest BCUT2D eigenvalue weighted by atomic mass is 9.52. The molecule has 1 saturated carbocycles. The van der Waals surface area contributed by atoms with E-state index in [9.17, 15) is 10.2 Å². The third kappa shape index (κ3) is 6.39. The van der Waals surface area contributed by atoms with Crippen LogP contribution >= 0.6 is 0 Å². The molecule has 0 amide bonds. The molecule has 7 fully saturated rings. The highest BCUT2D eigenvalue weighted by Gasteiger charge is 2.72. The van der Waals surface area contributed by atoms with Crippen LogP contribution in [0.25, 0.3) is 0 Å². The van der Waals surface area contributed by atoms with E-state index < -0.39 is 79.6 Å². The van der Waals surface area contributed by atoms with Gasteiger partial charge in [0.1, 0.15) is 42.4 Å². The summed E-state index contributed by atoms with van der Waals surface area (Å²) >= 11 is 0. The zero-order valence-electron chi connectivity index (χ0n) is 34.3. The molecule has 14 nitrogen and oxygen atoms in total. The van der Waals surface area contributed by atoms with Crippen molar-refractivity contribution in [2.24, 2.45) is 22.7 Å². The van der Waals surface area contributed by atoms with Crippen molar-refractivity contribution in [2.45, 2.75) is 184 Å². The molecule has 0 aromatic rings. The summed E-state index contributed by atoms with van der Waals surface area (Å²) < 4.78 is 74.7. The van der Waals surface area contributed by atoms with Crippen molar-refractivity contribution in [3.05, 3.63) is 23.0 Å². The Hall–Kier alpha value is -1.24. The van der Waals surface area contributed by atoms with Crippen LogP contribution in [0.2, 0.25) is 0 Å². The Labute approximate surface area is 330 Å². The Morgan fingerprint density at radius 2 is 1.46 bits per heavy atom. The van der Waals surface area contributed by atoms with E-state index in [2.05, 4.69) is 19.9 Å². The zero-order valence-corrected chi connectivity index (χ0v) is 34.3. The van der Waals surface area contributed by atoms with Crippen LogP contribution in [-0.2, 0) is 56.8 Å². The minimum atomic E-state index is -1.08. The molecule has 56 heavy (non-hydrogen) atoms. The topological polar surface area (TPSA) is 151 Å². The van der Waals surface area contributed by atoms with Gasteiger partial charge in [-0.05, 0) is 83.1 Å². The minimum Gasteiger partial charge on any atom is -0.491 e. The van der Waals surface area contributed by atoms with Crippen LogP contribution in [0.15, 0.2) is 23.0 Å². The monoisotopic (exact) mass is 792 g/mol. The van der Waals surface area contributed by atoms with Gasteiger partial charge in [-0.3, -0.25) is 0 Å². The number of aliphatic hydroxyl groups excluding tert-OH is 2. The highest BCUT2D eigenvalue weighted by molar-refractivity contribution is 5.40. The Balaban J connectivity index is 0.822. The van der Waals surface area contributed by atoms with Gasteiger partial charge < -0.3 is 67.1 Å². The van der Waals surface area contributed by atoms with E-state index in [0.29, 0.717) is 32.0 Å². The molecule has 9 rings (SSSR count). The molecule has 0 unspecified atom stereocenters. The summed E-state index contributed by atoms with van der Waals surface area (Å²) in [6.07, 6.45) is 1.14.